The van der Waals surface area contributed by atoms with Gasteiger partial charge in [-0.1, -0.05) is 13.0 Å². The Kier molecular flexibility index (Phi) is 4.57. The molecule has 1 saturated heterocycles. The number of carbonyl (C=O) groups is 3. The molecule has 0 saturated carbocycles. The van der Waals surface area contributed by atoms with Crippen LogP contribution in [0.1, 0.15) is 26.2 Å². The quantitative estimate of drug-likeness (QED) is 0.866. The SMILES string of the molecule is CCCC(=O)Nc1cccc(N2CC(C(=O)O)CC2=O)c1. The van der Waals surface area contributed by atoms with Gasteiger partial charge in [-0.25, -0.2) is 0 Å². The third kappa shape index (κ3) is 3.59. The molecule has 1 aromatic carbocycles. The predicted molar refractivity (Wildman–Crippen MR) is 78.1 cm³/mol. The molecule has 112 valence electrons. The van der Waals surface area contributed by atoms with E-state index in [1.807, 2.05) is 6.92 Å². The maximum absolute atomic E-state index is 11.9. The molecule has 0 spiro atoms. The van der Waals surface area contributed by atoms with Crippen LogP contribution in [-0.2, 0) is 14.4 Å². The van der Waals surface area contributed by atoms with Crippen LogP contribution in [0.3, 0.4) is 0 Å². The minimum absolute atomic E-state index is 0.0156. The van der Waals surface area contributed by atoms with E-state index < -0.39 is 11.9 Å². The van der Waals surface area contributed by atoms with Crippen molar-refractivity contribution >= 4 is 29.2 Å². The summed E-state index contributed by atoms with van der Waals surface area (Å²) in [4.78, 5) is 35.9. The first kappa shape index (κ1) is 15.0. The average molecular weight is 290 g/mol. The highest BCUT2D eigenvalue weighted by molar-refractivity contribution is 6.00. The van der Waals surface area contributed by atoms with Gasteiger partial charge in [0.05, 0.1) is 5.92 Å². The van der Waals surface area contributed by atoms with E-state index in [1.54, 1.807) is 24.3 Å². The van der Waals surface area contributed by atoms with Gasteiger partial charge in [0.25, 0.3) is 0 Å². The second-order valence-electron chi connectivity index (χ2n) is 5.09. The first-order valence-corrected chi connectivity index (χ1v) is 6.94. The maximum Gasteiger partial charge on any atom is 0.308 e. The van der Waals surface area contributed by atoms with Crippen LogP contribution < -0.4 is 10.2 Å². The number of carbonyl (C=O) groups excluding carboxylic acids is 2. The van der Waals surface area contributed by atoms with E-state index in [1.165, 1.54) is 4.90 Å². The van der Waals surface area contributed by atoms with E-state index in [9.17, 15) is 14.4 Å². The van der Waals surface area contributed by atoms with Gasteiger partial charge in [-0.3, -0.25) is 14.4 Å². The number of carboxylic acids is 1. The Hall–Kier alpha value is -2.37. The molecule has 1 aromatic rings. The Morgan fingerprint density at radius 2 is 2.19 bits per heavy atom. The molecule has 0 radical (unpaired) electrons. The number of amides is 2. The van der Waals surface area contributed by atoms with Crippen molar-refractivity contribution in [3.8, 4) is 0 Å². The molecule has 6 heteroatoms. The van der Waals surface area contributed by atoms with Crippen LogP contribution in [0.15, 0.2) is 24.3 Å². The monoisotopic (exact) mass is 290 g/mol. The van der Waals surface area contributed by atoms with E-state index in [4.69, 9.17) is 5.11 Å². The lowest BCUT2D eigenvalue weighted by molar-refractivity contribution is -0.141. The maximum atomic E-state index is 11.9. The number of nitrogens with zero attached hydrogens (tertiary/aromatic N) is 1. The zero-order chi connectivity index (χ0) is 15.4. The van der Waals surface area contributed by atoms with Crippen LogP contribution in [0.4, 0.5) is 11.4 Å². The Morgan fingerprint density at radius 1 is 1.43 bits per heavy atom. The fraction of sp³-hybridized carbons (Fsp3) is 0.400. The van der Waals surface area contributed by atoms with Gasteiger partial charge in [0.1, 0.15) is 0 Å². The number of hydrogen-bond acceptors (Lipinski definition) is 3. The van der Waals surface area contributed by atoms with Crippen molar-refractivity contribution in [1.82, 2.24) is 0 Å². The molecule has 1 unspecified atom stereocenters. The van der Waals surface area contributed by atoms with Crippen molar-refractivity contribution in [3.63, 3.8) is 0 Å². The lowest BCUT2D eigenvalue weighted by atomic mass is 10.1. The molecule has 1 fully saturated rings. The van der Waals surface area contributed by atoms with Gasteiger partial charge in [-0.05, 0) is 24.6 Å². The molecule has 0 aromatic heterocycles. The Labute approximate surface area is 122 Å². The average Bonchev–Trinajstić information content (AvgIpc) is 2.81. The standard InChI is InChI=1S/C15H18N2O4/c1-2-4-13(18)16-11-5-3-6-12(8-11)17-9-10(15(20)21)7-14(17)19/h3,5-6,8,10H,2,4,7,9H2,1H3,(H,16,18)(H,20,21). The first-order valence-electron chi connectivity index (χ1n) is 6.94. The van der Waals surface area contributed by atoms with Crippen LogP contribution in [-0.4, -0.2) is 29.4 Å². The molecule has 0 bridgehead atoms. The summed E-state index contributed by atoms with van der Waals surface area (Å²) >= 11 is 0. The number of anilines is 2. The lowest BCUT2D eigenvalue weighted by Gasteiger charge is -2.17. The van der Waals surface area contributed by atoms with Gasteiger partial charge in [0, 0.05) is 30.8 Å². The largest absolute Gasteiger partial charge is 0.481 e. The molecule has 2 amide bonds. The van der Waals surface area contributed by atoms with Crippen LogP contribution in [0, 0.1) is 5.92 Å². The topological polar surface area (TPSA) is 86.7 Å². The van der Waals surface area contributed by atoms with Crippen LogP contribution in [0.25, 0.3) is 0 Å². The van der Waals surface area contributed by atoms with Gasteiger partial charge in [-0.15, -0.1) is 0 Å². The highest BCUT2D eigenvalue weighted by Crippen LogP contribution is 2.27. The predicted octanol–water partition coefficient (Wildman–Crippen LogP) is 1.86. The van der Waals surface area contributed by atoms with E-state index in [2.05, 4.69) is 5.32 Å². The number of hydrogen-bond donors (Lipinski definition) is 2. The normalized spacial score (nSPS) is 17.9. The summed E-state index contributed by atoms with van der Waals surface area (Å²) in [5, 5.41) is 11.8. The molecule has 2 rings (SSSR count). The minimum atomic E-state index is -0.960. The number of carboxylic acid groups (broad SMARTS) is 1. The van der Waals surface area contributed by atoms with Gasteiger partial charge in [0.2, 0.25) is 11.8 Å². The highest BCUT2D eigenvalue weighted by atomic mass is 16.4. The van der Waals surface area contributed by atoms with Crippen molar-refractivity contribution in [2.24, 2.45) is 5.92 Å². The van der Waals surface area contributed by atoms with Gasteiger partial charge >= 0.3 is 5.97 Å². The van der Waals surface area contributed by atoms with Crippen molar-refractivity contribution < 1.29 is 19.5 Å². The Balaban J connectivity index is 2.12. The molecule has 1 aliphatic rings. The molecule has 6 nitrogen and oxygen atoms in total. The van der Waals surface area contributed by atoms with Crippen LogP contribution >= 0.6 is 0 Å². The van der Waals surface area contributed by atoms with Gasteiger partial charge < -0.3 is 15.3 Å². The van der Waals surface area contributed by atoms with Crippen LogP contribution in [0.2, 0.25) is 0 Å². The first-order chi connectivity index (χ1) is 10.0. The summed E-state index contributed by atoms with van der Waals surface area (Å²) in [6.07, 6.45) is 1.21. The summed E-state index contributed by atoms with van der Waals surface area (Å²) in [5.41, 5.74) is 1.22. The smallest absolute Gasteiger partial charge is 0.308 e. The summed E-state index contributed by atoms with van der Waals surface area (Å²) in [6, 6.07) is 6.90. The molecule has 0 aliphatic carbocycles. The van der Waals surface area contributed by atoms with E-state index in [-0.39, 0.29) is 24.8 Å². The third-order valence-corrected chi connectivity index (χ3v) is 3.39. The van der Waals surface area contributed by atoms with Crippen LogP contribution in [0.5, 0.6) is 0 Å². The number of nitrogens with one attached hydrogen (secondary N) is 1. The molecule has 1 atom stereocenters. The Bertz CT molecular complexity index is 571. The number of aliphatic carboxylic acids is 1. The van der Waals surface area contributed by atoms with Crippen molar-refractivity contribution in [1.29, 1.82) is 0 Å². The summed E-state index contributed by atoms with van der Waals surface area (Å²) in [5.74, 6) is -1.92. The number of benzene rings is 1. The summed E-state index contributed by atoms with van der Waals surface area (Å²) in [7, 11) is 0. The zero-order valence-electron chi connectivity index (χ0n) is 11.8. The van der Waals surface area contributed by atoms with E-state index in [0.717, 1.165) is 6.42 Å². The van der Waals surface area contributed by atoms with Gasteiger partial charge in [0.15, 0.2) is 0 Å². The second kappa shape index (κ2) is 6.39. The van der Waals surface area contributed by atoms with E-state index in [0.29, 0.717) is 17.8 Å². The van der Waals surface area contributed by atoms with E-state index >= 15 is 0 Å². The second-order valence-corrected chi connectivity index (χ2v) is 5.09. The molecule has 1 aliphatic heterocycles. The molecule has 2 N–H and O–H groups in total. The van der Waals surface area contributed by atoms with Crippen molar-refractivity contribution in [3.05, 3.63) is 24.3 Å². The summed E-state index contributed by atoms with van der Waals surface area (Å²) < 4.78 is 0. The number of rotatable bonds is 5. The molecular weight excluding hydrogens is 272 g/mol. The fourth-order valence-corrected chi connectivity index (χ4v) is 2.32. The zero-order valence-corrected chi connectivity index (χ0v) is 11.8. The van der Waals surface area contributed by atoms with Crippen molar-refractivity contribution in [2.75, 3.05) is 16.8 Å². The molecule has 21 heavy (non-hydrogen) atoms. The summed E-state index contributed by atoms with van der Waals surface area (Å²) in [6.45, 7) is 2.09. The molecule has 1 heterocycles. The highest BCUT2D eigenvalue weighted by Gasteiger charge is 2.35. The Morgan fingerprint density at radius 3 is 2.81 bits per heavy atom. The lowest BCUT2D eigenvalue weighted by Crippen LogP contribution is -2.25. The molecular formula is C15H18N2O4. The third-order valence-electron chi connectivity index (χ3n) is 3.39. The van der Waals surface area contributed by atoms with Gasteiger partial charge in [-0.2, -0.15) is 0 Å². The fourth-order valence-electron chi connectivity index (χ4n) is 2.32. The van der Waals surface area contributed by atoms with Crippen molar-refractivity contribution in [2.45, 2.75) is 26.2 Å². The minimum Gasteiger partial charge on any atom is -0.481 e.